The second-order valence-corrected chi connectivity index (χ2v) is 12.0. The third kappa shape index (κ3) is 6.85. The van der Waals surface area contributed by atoms with Gasteiger partial charge in [-0.05, 0) is 38.0 Å². The van der Waals surface area contributed by atoms with E-state index in [1.165, 1.54) is 19.1 Å². The fraction of sp³-hybridized carbons (Fsp3) is 0.581. The summed E-state index contributed by atoms with van der Waals surface area (Å²) in [6.45, 7) is 7.20. The van der Waals surface area contributed by atoms with E-state index in [0.29, 0.717) is 17.9 Å². The van der Waals surface area contributed by atoms with E-state index in [2.05, 4.69) is 5.32 Å². The average Bonchev–Trinajstić information content (AvgIpc) is 3.66. The molecule has 0 spiro atoms. The van der Waals surface area contributed by atoms with E-state index < -0.39 is 53.7 Å². The van der Waals surface area contributed by atoms with Crippen LogP contribution in [0.3, 0.4) is 0 Å². The first-order chi connectivity index (χ1) is 20.3. The number of rotatable bonds is 4. The number of benzene rings is 1. The standard InChI is InChI=1S/C31H41ClN2O9/c1-8-26(36)42-24-15-25(35)34(5)20-13-19(14-21(39-6)27(20)32)12-17(2)10-9-11-23(40-7)31(38)16-22(41-29(37)33-31)18(3)28-30(24,4)43-28/h9-11,13-14,18,22-24,28,38H,8,12,15-16H2,1-7H3,(H,33,37)/b11-9+,17-10+/t18-,22?,23-,24+,28?,30?,31+/m1/s1. The van der Waals surface area contributed by atoms with Crippen LogP contribution in [0.15, 0.2) is 35.9 Å². The Hall–Kier alpha value is -3.12. The van der Waals surface area contributed by atoms with Crippen molar-refractivity contribution in [2.24, 2.45) is 5.92 Å². The number of esters is 1. The largest absolute Gasteiger partial charge is 0.495 e. The number of ether oxygens (including phenoxy) is 5. The van der Waals surface area contributed by atoms with Crippen LogP contribution in [0.4, 0.5) is 10.5 Å². The van der Waals surface area contributed by atoms with E-state index >= 15 is 0 Å². The monoisotopic (exact) mass is 620 g/mol. The van der Waals surface area contributed by atoms with Gasteiger partial charge in [-0.15, -0.1) is 0 Å². The van der Waals surface area contributed by atoms with Gasteiger partial charge in [0.15, 0.2) is 5.72 Å². The van der Waals surface area contributed by atoms with Crippen LogP contribution >= 0.6 is 11.6 Å². The highest BCUT2D eigenvalue weighted by molar-refractivity contribution is 6.35. The Morgan fingerprint density at radius 3 is 2.65 bits per heavy atom. The van der Waals surface area contributed by atoms with Crippen molar-refractivity contribution in [2.75, 3.05) is 26.2 Å². The molecule has 1 aromatic carbocycles. The summed E-state index contributed by atoms with van der Waals surface area (Å²) >= 11 is 6.66. The fourth-order valence-corrected chi connectivity index (χ4v) is 6.16. The second-order valence-electron chi connectivity index (χ2n) is 11.6. The molecule has 0 saturated carbocycles. The molecule has 3 aliphatic rings. The van der Waals surface area contributed by atoms with Crippen molar-refractivity contribution >= 4 is 35.3 Å². The molecule has 2 saturated heterocycles. The number of anilines is 1. The summed E-state index contributed by atoms with van der Waals surface area (Å²) in [7, 11) is 4.56. The van der Waals surface area contributed by atoms with E-state index in [-0.39, 0.29) is 30.2 Å². The van der Waals surface area contributed by atoms with Crippen LogP contribution in [0.1, 0.15) is 52.5 Å². The molecule has 4 bridgehead atoms. The molecule has 0 radical (unpaired) electrons. The van der Waals surface area contributed by atoms with Gasteiger partial charge < -0.3 is 33.7 Å². The van der Waals surface area contributed by atoms with Crippen LogP contribution in [-0.4, -0.2) is 80.1 Å². The van der Waals surface area contributed by atoms with Crippen molar-refractivity contribution in [1.29, 1.82) is 0 Å². The summed E-state index contributed by atoms with van der Waals surface area (Å²) in [6, 6.07) is 3.63. The SMILES string of the molecule is CCC(=O)O[C@H]1CC(=O)N(C)c2cc(cc(OC)c2Cl)C/C(C)=C/C=C/[C@@H](OC)[C@@]2(O)CC(OC(=O)N2)[C@@H](C)C2OC21C. The molecule has 1 aromatic rings. The number of carbonyl (C=O) groups is 3. The number of methoxy groups -OCH3 is 2. The van der Waals surface area contributed by atoms with Gasteiger partial charge in [-0.3, -0.25) is 14.9 Å². The molecule has 3 heterocycles. The number of hydrogen-bond donors (Lipinski definition) is 2. The topological polar surface area (TPSA) is 136 Å². The molecule has 3 unspecified atom stereocenters. The van der Waals surface area contributed by atoms with Crippen LogP contribution < -0.4 is 15.0 Å². The van der Waals surface area contributed by atoms with E-state index in [1.54, 1.807) is 33.0 Å². The molecule has 11 nitrogen and oxygen atoms in total. The van der Waals surface area contributed by atoms with Gasteiger partial charge in [-0.1, -0.05) is 49.2 Å². The van der Waals surface area contributed by atoms with Gasteiger partial charge >= 0.3 is 12.1 Å². The number of nitrogens with one attached hydrogen (secondary N) is 1. The lowest BCUT2D eigenvalue weighted by Crippen LogP contribution is -2.63. The number of nitrogens with zero attached hydrogens (tertiary/aromatic N) is 1. The summed E-state index contributed by atoms with van der Waals surface area (Å²) in [5.41, 5.74) is -0.564. The zero-order valence-corrected chi connectivity index (χ0v) is 26.4. The quantitative estimate of drug-likeness (QED) is 0.377. The van der Waals surface area contributed by atoms with E-state index in [0.717, 1.165) is 11.1 Å². The number of hydrogen-bond acceptors (Lipinski definition) is 9. The highest BCUT2D eigenvalue weighted by atomic mass is 35.5. The molecule has 12 heteroatoms. The lowest BCUT2D eigenvalue weighted by Gasteiger charge is -2.42. The zero-order valence-electron chi connectivity index (χ0n) is 25.6. The minimum Gasteiger partial charge on any atom is -0.495 e. The third-order valence-electron chi connectivity index (χ3n) is 8.51. The number of halogens is 1. The molecule has 43 heavy (non-hydrogen) atoms. The van der Waals surface area contributed by atoms with Gasteiger partial charge in [0.25, 0.3) is 0 Å². The van der Waals surface area contributed by atoms with Crippen LogP contribution in [0, 0.1) is 5.92 Å². The summed E-state index contributed by atoms with van der Waals surface area (Å²) in [6.07, 6.45) is 1.81. The molecule has 3 aliphatic heterocycles. The molecule has 2 fully saturated rings. The summed E-state index contributed by atoms with van der Waals surface area (Å²) < 4.78 is 28.6. The van der Waals surface area contributed by atoms with Gasteiger partial charge in [0.2, 0.25) is 5.91 Å². The number of carbonyl (C=O) groups excluding carboxylic acids is 3. The van der Waals surface area contributed by atoms with Crippen LogP contribution in [0.2, 0.25) is 5.02 Å². The van der Waals surface area contributed by atoms with E-state index in [4.69, 9.17) is 35.3 Å². The predicted octanol–water partition coefficient (Wildman–Crippen LogP) is 4.08. The van der Waals surface area contributed by atoms with Crippen molar-refractivity contribution in [1.82, 2.24) is 5.32 Å². The molecule has 2 N–H and O–H groups in total. The van der Waals surface area contributed by atoms with Crippen LogP contribution in [-0.2, 0) is 35.0 Å². The van der Waals surface area contributed by atoms with Crippen molar-refractivity contribution in [2.45, 2.75) is 89.1 Å². The number of aliphatic hydroxyl groups is 1. The Morgan fingerprint density at radius 2 is 2.00 bits per heavy atom. The highest BCUT2D eigenvalue weighted by Gasteiger charge is 2.64. The molecule has 7 atom stereocenters. The van der Waals surface area contributed by atoms with Gasteiger partial charge in [0.05, 0.1) is 25.3 Å². The zero-order chi connectivity index (χ0) is 31.7. The maximum atomic E-state index is 13.7. The fourth-order valence-electron chi connectivity index (χ4n) is 5.85. The Labute approximate surface area is 257 Å². The van der Waals surface area contributed by atoms with Gasteiger partial charge in [-0.2, -0.15) is 0 Å². The van der Waals surface area contributed by atoms with Gasteiger partial charge in [0, 0.05) is 32.9 Å². The summed E-state index contributed by atoms with van der Waals surface area (Å²) in [4.78, 5) is 40.2. The van der Waals surface area contributed by atoms with Crippen molar-refractivity contribution in [3.63, 3.8) is 0 Å². The molecule has 236 valence electrons. The summed E-state index contributed by atoms with van der Waals surface area (Å²) in [5.74, 6) is -0.854. The first-order valence-electron chi connectivity index (χ1n) is 14.3. The molecule has 0 aromatic heterocycles. The Morgan fingerprint density at radius 1 is 1.28 bits per heavy atom. The van der Waals surface area contributed by atoms with Crippen molar-refractivity contribution in [3.8, 4) is 5.75 Å². The lowest BCUT2D eigenvalue weighted by molar-refractivity contribution is -0.153. The number of allylic oxidation sites excluding steroid dienone is 3. The molecular formula is C31H41ClN2O9. The minimum absolute atomic E-state index is 0.00655. The van der Waals surface area contributed by atoms with Gasteiger partial charge in [0.1, 0.15) is 34.7 Å². The third-order valence-corrected chi connectivity index (χ3v) is 8.89. The molecule has 0 aliphatic carbocycles. The number of epoxide rings is 1. The maximum Gasteiger partial charge on any atom is 0.409 e. The predicted molar refractivity (Wildman–Crippen MR) is 159 cm³/mol. The van der Waals surface area contributed by atoms with Gasteiger partial charge in [-0.25, -0.2) is 4.79 Å². The molecular weight excluding hydrogens is 580 g/mol. The number of amides is 2. The lowest BCUT2D eigenvalue weighted by atomic mass is 9.83. The minimum atomic E-state index is -1.76. The smallest absolute Gasteiger partial charge is 0.409 e. The number of fused-ring (bicyclic) bond motifs is 5. The van der Waals surface area contributed by atoms with Crippen molar-refractivity contribution in [3.05, 3.63) is 46.5 Å². The summed E-state index contributed by atoms with van der Waals surface area (Å²) in [5, 5.41) is 14.3. The Kier molecular flexibility index (Phi) is 9.80. The first-order valence-corrected chi connectivity index (χ1v) is 14.7. The Bertz CT molecular complexity index is 1320. The number of alkyl carbamates (subject to hydrolysis) is 1. The van der Waals surface area contributed by atoms with Crippen LogP contribution in [0.5, 0.6) is 5.75 Å². The van der Waals surface area contributed by atoms with E-state index in [1.807, 2.05) is 32.1 Å². The Balaban J connectivity index is 1.79. The first kappa shape index (κ1) is 32.8. The normalized spacial score (nSPS) is 35.0. The maximum absolute atomic E-state index is 13.7. The molecule has 2 amide bonds. The molecule has 4 rings (SSSR count). The van der Waals surface area contributed by atoms with E-state index in [9.17, 15) is 19.5 Å². The van der Waals surface area contributed by atoms with Crippen LogP contribution in [0.25, 0.3) is 0 Å². The average molecular weight is 621 g/mol. The second kappa shape index (κ2) is 12.9. The highest BCUT2D eigenvalue weighted by Crippen LogP contribution is 2.49. The van der Waals surface area contributed by atoms with Crippen molar-refractivity contribution < 1.29 is 43.2 Å².